The molecule has 0 bridgehead atoms. The van der Waals surface area contributed by atoms with Gasteiger partial charge in [0.1, 0.15) is 54.7 Å². The van der Waals surface area contributed by atoms with E-state index in [0.717, 1.165) is 0 Å². The SMILES string of the molecule is COc1ccc(O[C@@H]2O[C@H](CO[C@]3(C(=O)O)C[C@H](O)[C@@H](NC(=O)CO)[C@H]([C@H](O)[C@H](O)CNC(=O)c4ccc(-c5ccc(C(=O)O)cc5)cc4)O3)[C@H](O)[C@H](O)[C@H]2O)cc1. The summed E-state index contributed by atoms with van der Waals surface area (Å²) in [5.74, 6) is -6.93. The maximum atomic E-state index is 13.0. The minimum Gasteiger partial charge on any atom is -0.497 e. The van der Waals surface area contributed by atoms with Gasteiger partial charge in [-0.05, 0) is 59.7 Å². The zero-order chi connectivity index (χ0) is 42.3. The molecule has 0 saturated carbocycles. The van der Waals surface area contributed by atoms with Gasteiger partial charge in [0.05, 0.1) is 37.5 Å². The number of aliphatic hydroxyl groups excluding tert-OH is 7. The minimum absolute atomic E-state index is 0.0961. The molecule has 20 nitrogen and oxygen atoms in total. The summed E-state index contributed by atoms with van der Waals surface area (Å²) in [6.45, 7) is -2.62. The summed E-state index contributed by atoms with van der Waals surface area (Å²) in [6, 6.07) is 16.5. The Morgan fingerprint density at radius 2 is 1.41 bits per heavy atom. The number of aliphatic carboxylic acids is 1. The molecule has 11 N–H and O–H groups in total. The Morgan fingerprint density at radius 3 is 1.97 bits per heavy atom. The lowest BCUT2D eigenvalue weighted by Gasteiger charge is -2.47. The van der Waals surface area contributed by atoms with Gasteiger partial charge in [0, 0.05) is 18.5 Å². The van der Waals surface area contributed by atoms with Crippen molar-refractivity contribution in [3.63, 3.8) is 0 Å². The molecule has 5 rings (SSSR count). The number of carbonyl (C=O) groups excluding carboxylic acids is 2. The third-order valence-electron chi connectivity index (χ3n) is 9.65. The van der Waals surface area contributed by atoms with E-state index >= 15 is 0 Å². The van der Waals surface area contributed by atoms with Crippen LogP contribution in [0.2, 0.25) is 0 Å². The van der Waals surface area contributed by atoms with Crippen LogP contribution < -0.4 is 20.1 Å². The Morgan fingerprint density at radius 1 is 0.828 bits per heavy atom. The highest BCUT2D eigenvalue weighted by Gasteiger charge is 2.57. The second-order valence-electron chi connectivity index (χ2n) is 13.5. The van der Waals surface area contributed by atoms with Gasteiger partial charge >= 0.3 is 11.9 Å². The van der Waals surface area contributed by atoms with Crippen LogP contribution in [0.15, 0.2) is 72.8 Å². The molecule has 2 heterocycles. The molecule has 3 aromatic rings. The van der Waals surface area contributed by atoms with E-state index in [1.54, 1.807) is 24.3 Å². The molecule has 0 spiro atoms. The number of carboxylic acids is 2. The molecule has 2 amide bonds. The Bertz CT molecular complexity index is 1880. The van der Waals surface area contributed by atoms with E-state index < -0.39 is 117 Å². The first-order chi connectivity index (χ1) is 27.6. The lowest BCUT2D eigenvalue weighted by molar-refractivity contribution is -0.331. The van der Waals surface area contributed by atoms with Gasteiger partial charge in [0.15, 0.2) is 0 Å². The molecular formula is C38H44N2O18. The van der Waals surface area contributed by atoms with Gasteiger partial charge in [-0.2, -0.15) is 0 Å². The number of nitrogens with one attached hydrogen (secondary N) is 2. The predicted octanol–water partition coefficient (Wildman–Crippen LogP) is -2.18. The van der Waals surface area contributed by atoms with E-state index in [1.165, 1.54) is 55.6 Å². The van der Waals surface area contributed by atoms with Gasteiger partial charge in [-0.25, -0.2) is 9.59 Å². The van der Waals surface area contributed by atoms with Gasteiger partial charge in [0.25, 0.3) is 11.7 Å². The second-order valence-corrected chi connectivity index (χ2v) is 13.5. The first-order valence-corrected chi connectivity index (χ1v) is 17.8. The fraction of sp³-hybridized carbons (Fsp3) is 0.421. The molecule has 2 aliphatic rings. The second kappa shape index (κ2) is 19.0. The van der Waals surface area contributed by atoms with Crippen molar-refractivity contribution >= 4 is 23.8 Å². The molecule has 0 aromatic heterocycles. The smallest absolute Gasteiger partial charge is 0.364 e. The molecule has 314 valence electrons. The van der Waals surface area contributed by atoms with Gasteiger partial charge in [-0.3, -0.25) is 9.59 Å². The average molecular weight is 817 g/mol. The van der Waals surface area contributed by atoms with Crippen LogP contribution in [0.1, 0.15) is 27.1 Å². The van der Waals surface area contributed by atoms with E-state index in [4.69, 9.17) is 28.8 Å². The Balaban J connectivity index is 1.28. The van der Waals surface area contributed by atoms with Crippen molar-refractivity contribution in [2.75, 3.05) is 26.9 Å². The van der Waals surface area contributed by atoms with Crippen LogP contribution in [-0.2, 0) is 23.8 Å². The number of carboxylic acid groups (broad SMARTS) is 2. The maximum absolute atomic E-state index is 13.0. The number of methoxy groups -OCH3 is 1. The predicted molar refractivity (Wildman–Crippen MR) is 194 cm³/mol. The van der Waals surface area contributed by atoms with Crippen LogP contribution in [0, 0.1) is 0 Å². The molecule has 2 aliphatic heterocycles. The largest absolute Gasteiger partial charge is 0.497 e. The Kier molecular flexibility index (Phi) is 14.4. The van der Waals surface area contributed by atoms with Crippen LogP contribution in [-0.4, -0.2) is 164 Å². The molecule has 2 fully saturated rings. The van der Waals surface area contributed by atoms with Crippen molar-refractivity contribution in [1.82, 2.24) is 10.6 Å². The summed E-state index contributed by atoms with van der Waals surface area (Å²) in [5.41, 5.74) is 1.57. The van der Waals surface area contributed by atoms with E-state index in [9.17, 15) is 60.0 Å². The summed E-state index contributed by atoms with van der Waals surface area (Å²) in [7, 11) is 1.44. The Hall–Kier alpha value is -5.26. The average Bonchev–Trinajstić information content (AvgIpc) is 3.23. The first-order valence-electron chi connectivity index (χ1n) is 17.8. The first kappa shape index (κ1) is 43.9. The van der Waals surface area contributed by atoms with Gasteiger partial charge in [-0.15, -0.1) is 0 Å². The van der Waals surface area contributed by atoms with Crippen molar-refractivity contribution in [1.29, 1.82) is 0 Å². The standard InChI is InChI=1S/C38H44N2O18/c1-54-22-10-12-23(13-11-22)56-36-32(48)31(47)30(46)26(57-36)17-55-38(37(52)53)14-24(42)28(40-27(44)16-41)33(58-38)29(45)25(43)15-39-34(49)20-6-2-18(3-7-20)19-4-8-21(9-5-19)35(50)51/h2-13,24-26,28-33,36,41-43,45-48H,14-17H2,1H3,(H,39,49)(H,40,44)(H,50,51)(H,52,53)/t24-,25+,26+,28+,29+,30-,31-,32+,33+,36+,38+/m0/s1. The lowest BCUT2D eigenvalue weighted by Crippen LogP contribution is -2.69. The molecule has 0 aliphatic carbocycles. The number of benzene rings is 3. The quantitative estimate of drug-likeness (QED) is 0.0732. The highest BCUT2D eigenvalue weighted by atomic mass is 16.7. The summed E-state index contributed by atoms with van der Waals surface area (Å²) in [5, 5.41) is 98.6. The third-order valence-corrected chi connectivity index (χ3v) is 9.65. The van der Waals surface area contributed by atoms with Crippen LogP contribution >= 0.6 is 0 Å². The van der Waals surface area contributed by atoms with Gasteiger partial charge < -0.3 is 80.3 Å². The highest BCUT2D eigenvalue weighted by Crippen LogP contribution is 2.35. The monoisotopic (exact) mass is 816 g/mol. The normalized spacial score (nSPS) is 28.1. The van der Waals surface area contributed by atoms with Crippen LogP contribution in [0.5, 0.6) is 11.5 Å². The van der Waals surface area contributed by atoms with Crippen molar-refractivity contribution in [2.24, 2.45) is 0 Å². The topological polar surface area (TPSA) is 321 Å². The summed E-state index contributed by atoms with van der Waals surface area (Å²) < 4.78 is 27.7. The number of amides is 2. The summed E-state index contributed by atoms with van der Waals surface area (Å²) in [6.07, 6.45) is -17.6. The fourth-order valence-corrected chi connectivity index (χ4v) is 6.36. The van der Waals surface area contributed by atoms with Crippen molar-refractivity contribution < 1.29 is 88.8 Å². The molecule has 20 heteroatoms. The molecule has 2 saturated heterocycles. The number of hydrogen-bond donors (Lipinski definition) is 11. The van der Waals surface area contributed by atoms with E-state index in [1.807, 2.05) is 0 Å². The molecule has 58 heavy (non-hydrogen) atoms. The molecule has 3 aromatic carbocycles. The number of carbonyl (C=O) groups is 4. The van der Waals surface area contributed by atoms with Crippen LogP contribution in [0.25, 0.3) is 11.1 Å². The van der Waals surface area contributed by atoms with E-state index in [-0.39, 0.29) is 16.9 Å². The zero-order valence-electron chi connectivity index (χ0n) is 30.7. The maximum Gasteiger partial charge on any atom is 0.364 e. The van der Waals surface area contributed by atoms with Gasteiger partial charge in [-0.1, -0.05) is 24.3 Å². The number of aliphatic hydroxyl groups is 7. The fourth-order valence-electron chi connectivity index (χ4n) is 6.36. The van der Waals surface area contributed by atoms with Crippen molar-refractivity contribution in [3.8, 4) is 22.6 Å². The number of aromatic carboxylic acids is 1. The molecule has 0 radical (unpaired) electrons. The van der Waals surface area contributed by atoms with Crippen molar-refractivity contribution in [2.45, 2.75) is 73.4 Å². The molecule has 11 atom stereocenters. The van der Waals surface area contributed by atoms with E-state index in [2.05, 4.69) is 10.6 Å². The van der Waals surface area contributed by atoms with Gasteiger partial charge in [0.2, 0.25) is 12.2 Å². The van der Waals surface area contributed by atoms with Crippen molar-refractivity contribution in [3.05, 3.63) is 83.9 Å². The molecule has 0 unspecified atom stereocenters. The van der Waals surface area contributed by atoms with Crippen LogP contribution in [0.3, 0.4) is 0 Å². The number of ether oxygens (including phenoxy) is 5. The van der Waals surface area contributed by atoms with E-state index in [0.29, 0.717) is 16.9 Å². The lowest BCUT2D eigenvalue weighted by atomic mass is 9.88. The minimum atomic E-state index is -2.86. The number of rotatable bonds is 16. The zero-order valence-corrected chi connectivity index (χ0v) is 30.7. The summed E-state index contributed by atoms with van der Waals surface area (Å²) >= 11 is 0. The summed E-state index contributed by atoms with van der Waals surface area (Å²) in [4.78, 5) is 49.1. The number of hydrogen-bond acceptors (Lipinski definition) is 16. The van der Waals surface area contributed by atoms with Crippen LogP contribution in [0.4, 0.5) is 0 Å². The molecular weight excluding hydrogens is 772 g/mol. The Labute approximate surface area is 329 Å². The highest BCUT2D eigenvalue weighted by molar-refractivity contribution is 5.94. The third kappa shape index (κ3) is 10.1.